The zero-order valence-electron chi connectivity index (χ0n) is 17.3. The van der Waals surface area contributed by atoms with E-state index in [0.29, 0.717) is 12.3 Å². The summed E-state index contributed by atoms with van der Waals surface area (Å²) in [5.41, 5.74) is 4.40. The molecule has 1 fully saturated rings. The fourth-order valence-electron chi connectivity index (χ4n) is 5.21. The predicted octanol–water partition coefficient (Wildman–Crippen LogP) is 5.22. The Morgan fingerprint density at radius 1 is 1.00 bits per heavy atom. The van der Waals surface area contributed by atoms with Crippen LogP contribution in [0.4, 0.5) is 0 Å². The van der Waals surface area contributed by atoms with Crippen molar-refractivity contribution in [2.24, 2.45) is 11.3 Å². The lowest BCUT2D eigenvalue weighted by Gasteiger charge is -2.51. The van der Waals surface area contributed by atoms with Crippen molar-refractivity contribution in [1.82, 2.24) is 9.78 Å². The number of aliphatic hydroxyl groups is 1. The van der Waals surface area contributed by atoms with Gasteiger partial charge in [0.15, 0.2) is 0 Å². The van der Waals surface area contributed by atoms with E-state index in [1.807, 2.05) is 41.1 Å². The molecule has 2 aromatic carbocycles. The van der Waals surface area contributed by atoms with Gasteiger partial charge in [0.2, 0.25) is 11.7 Å². The van der Waals surface area contributed by atoms with E-state index in [-0.39, 0.29) is 17.3 Å². The third-order valence-corrected chi connectivity index (χ3v) is 6.72. The Bertz CT molecular complexity index is 1030. The second-order valence-corrected chi connectivity index (χ2v) is 9.36. The molecule has 1 aliphatic carbocycles. The summed E-state index contributed by atoms with van der Waals surface area (Å²) >= 11 is 0. The summed E-state index contributed by atoms with van der Waals surface area (Å²) in [6, 6.07) is 20.6. The summed E-state index contributed by atoms with van der Waals surface area (Å²) in [4.78, 5) is 0. The van der Waals surface area contributed by atoms with Crippen molar-refractivity contribution < 1.29 is 9.84 Å². The number of hydrogen-bond donors (Lipinski definition) is 1. The summed E-state index contributed by atoms with van der Waals surface area (Å²) in [6.07, 6.45) is 2.49. The summed E-state index contributed by atoms with van der Waals surface area (Å²) in [5.74, 6) is -0.446. The maximum Gasteiger partial charge on any atom is 0.223 e. The molecule has 0 bridgehead atoms. The standard InChI is InChI=1S/C25H28N2O2/c1-17-21-22(18-10-6-4-7-11-18)20-16-24(2,3)14-15-25(20,28)29-23(21)27(26-17)19-12-8-5-9-13-19/h4-13,20,22,28H,14-16H2,1-3H3/t20-,22-,25+/m1/s1. The van der Waals surface area contributed by atoms with E-state index < -0.39 is 5.79 Å². The first kappa shape index (κ1) is 18.4. The van der Waals surface area contributed by atoms with Gasteiger partial charge in [0.25, 0.3) is 0 Å². The fraction of sp³-hybridized carbons (Fsp3) is 0.400. The Morgan fingerprint density at radius 2 is 1.66 bits per heavy atom. The molecule has 2 aliphatic rings. The van der Waals surface area contributed by atoms with Crippen LogP contribution < -0.4 is 4.74 Å². The summed E-state index contributed by atoms with van der Waals surface area (Å²) in [7, 11) is 0. The molecule has 3 aromatic rings. The zero-order valence-corrected chi connectivity index (χ0v) is 17.3. The number of rotatable bonds is 2. The Kier molecular flexibility index (Phi) is 4.11. The first-order chi connectivity index (χ1) is 13.9. The highest BCUT2D eigenvalue weighted by Gasteiger charge is 2.55. The van der Waals surface area contributed by atoms with E-state index >= 15 is 0 Å². The molecule has 0 radical (unpaired) electrons. The highest BCUT2D eigenvalue weighted by molar-refractivity contribution is 5.49. The summed E-state index contributed by atoms with van der Waals surface area (Å²) in [5, 5.41) is 16.6. The minimum Gasteiger partial charge on any atom is -0.445 e. The lowest BCUT2D eigenvalue weighted by atomic mass is 9.61. The van der Waals surface area contributed by atoms with Crippen molar-refractivity contribution in [3.63, 3.8) is 0 Å². The highest BCUT2D eigenvalue weighted by atomic mass is 16.6. The van der Waals surface area contributed by atoms with Crippen LogP contribution in [0.5, 0.6) is 5.88 Å². The van der Waals surface area contributed by atoms with Crippen molar-refractivity contribution in [2.45, 2.75) is 51.7 Å². The van der Waals surface area contributed by atoms with Gasteiger partial charge in [-0.15, -0.1) is 0 Å². The van der Waals surface area contributed by atoms with Gasteiger partial charge in [-0.3, -0.25) is 0 Å². The van der Waals surface area contributed by atoms with E-state index in [9.17, 15) is 5.11 Å². The highest BCUT2D eigenvalue weighted by Crippen LogP contribution is 2.57. The van der Waals surface area contributed by atoms with Gasteiger partial charge >= 0.3 is 0 Å². The maximum atomic E-state index is 11.7. The molecule has 150 valence electrons. The van der Waals surface area contributed by atoms with E-state index in [1.54, 1.807) is 0 Å². The molecule has 2 heterocycles. The van der Waals surface area contributed by atoms with Gasteiger partial charge in [-0.2, -0.15) is 5.10 Å². The van der Waals surface area contributed by atoms with Crippen LogP contribution >= 0.6 is 0 Å². The smallest absolute Gasteiger partial charge is 0.223 e. The van der Waals surface area contributed by atoms with E-state index in [0.717, 1.165) is 29.8 Å². The summed E-state index contributed by atoms with van der Waals surface area (Å²) < 4.78 is 8.29. The predicted molar refractivity (Wildman–Crippen MR) is 113 cm³/mol. The molecular formula is C25H28N2O2. The van der Waals surface area contributed by atoms with Crippen LogP contribution in [0.2, 0.25) is 0 Å². The van der Waals surface area contributed by atoms with Crippen LogP contribution in [-0.4, -0.2) is 20.7 Å². The lowest BCUT2D eigenvalue weighted by molar-refractivity contribution is -0.225. The van der Waals surface area contributed by atoms with Crippen LogP contribution in [-0.2, 0) is 0 Å². The quantitative estimate of drug-likeness (QED) is 0.655. The largest absolute Gasteiger partial charge is 0.445 e. The van der Waals surface area contributed by atoms with Gasteiger partial charge in [-0.1, -0.05) is 62.4 Å². The summed E-state index contributed by atoms with van der Waals surface area (Å²) in [6.45, 7) is 6.64. The van der Waals surface area contributed by atoms with Crippen molar-refractivity contribution in [3.05, 3.63) is 77.5 Å². The molecular weight excluding hydrogens is 360 g/mol. The van der Waals surface area contributed by atoms with Gasteiger partial charge < -0.3 is 9.84 Å². The van der Waals surface area contributed by atoms with Crippen LogP contribution in [0, 0.1) is 18.3 Å². The number of ether oxygens (including phenoxy) is 1. The van der Waals surface area contributed by atoms with Gasteiger partial charge in [0, 0.05) is 23.8 Å². The van der Waals surface area contributed by atoms with Crippen LogP contribution in [0.1, 0.15) is 55.8 Å². The Hall–Kier alpha value is -2.59. The third kappa shape index (κ3) is 2.98. The molecule has 29 heavy (non-hydrogen) atoms. The minimum atomic E-state index is -1.18. The minimum absolute atomic E-state index is 0.00623. The van der Waals surface area contributed by atoms with Gasteiger partial charge in [-0.05, 0) is 42.9 Å². The molecule has 4 nitrogen and oxygen atoms in total. The Balaban J connectivity index is 1.73. The number of hydrogen-bond acceptors (Lipinski definition) is 3. The molecule has 1 aliphatic heterocycles. The normalized spacial score (nSPS) is 27.6. The number of para-hydroxylation sites is 1. The average Bonchev–Trinajstić information content (AvgIpc) is 3.03. The van der Waals surface area contributed by atoms with Crippen LogP contribution in [0.25, 0.3) is 5.69 Å². The Labute approximate surface area is 172 Å². The van der Waals surface area contributed by atoms with Crippen molar-refractivity contribution in [3.8, 4) is 11.6 Å². The average molecular weight is 389 g/mol. The molecule has 3 atom stereocenters. The third-order valence-electron chi connectivity index (χ3n) is 6.72. The molecule has 1 aromatic heterocycles. The second-order valence-electron chi connectivity index (χ2n) is 9.36. The first-order valence-electron chi connectivity index (χ1n) is 10.5. The monoisotopic (exact) mass is 388 g/mol. The topological polar surface area (TPSA) is 47.3 Å². The number of aromatic nitrogens is 2. The number of aryl methyl sites for hydroxylation is 1. The zero-order chi connectivity index (χ0) is 20.2. The fourth-order valence-corrected chi connectivity index (χ4v) is 5.21. The Morgan fingerprint density at radius 3 is 2.34 bits per heavy atom. The van der Waals surface area contributed by atoms with Gasteiger partial charge in [-0.25, -0.2) is 4.68 Å². The molecule has 5 rings (SSSR count). The first-order valence-corrected chi connectivity index (χ1v) is 10.5. The number of nitrogens with zero attached hydrogens (tertiary/aromatic N) is 2. The molecule has 0 amide bonds. The van der Waals surface area contributed by atoms with Crippen LogP contribution in [0.15, 0.2) is 60.7 Å². The molecule has 1 saturated carbocycles. The lowest BCUT2D eigenvalue weighted by Crippen LogP contribution is -2.54. The SMILES string of the molecule is Cc1nn(-c2ccccc2)c2c1[C@H](c1ccccc1)[C@H]1CC(C)(C)CC[C@]1(O)O2. The molecule has 0 saturated heterocycles. The second kappa shape index (κ2) is 6.46. The van der Waals surface area contributed by atoms with Crippen molar-refractivity contribution in [2.75, 3.05) is 0 Å². The van der Waals surface area contributed by atoms with Crippen molar-refractivity contribution in [1.29, 1.82) is 0 Å². The van der Waals surface area contributed by atoms with E-state index in [2.05, 4.69) is 45.0 Å². The maximum absolute atomic E-state index is 11.7. The van der Waals surface area contributed by atoms with E-state index in [4.69, 9.17) is 9.84 Å². The molecule has 1 N–H and O–H groups in total. The van der Waals surface area contributed by atoms with Gasteiger partial charge in [0.05, 0.1) is 11.4 Å². The molecule has 4 heteroatoms. The number of benzene rings is 2. The number of fused-ring (bicyclic) bond motifs is 2. The van der Waals surface area contributed by atoms with Crippen molar-refractivity contribution >= 4 is 0 Å². The van der Waals surface area contributed by atoms with E-state index in [1.165, 1.54) is 5.56 Å². The van der Waals surface area contributed by atoms with Crippen LogP contribution in [0.3, 0.4) is 0 Å². The molecule has 0 unspecified atom stereocenters. The molecule has 0 spiro atoms. The van der Waals surface area contributed by atoms with Gasteiger partial charge in [0.1, 0.15) is 0 Å².